The molecule has 0 unspecified atom stereocenters. The van der Waals surface area contributed by atoms with Gasteiger partial charge in [-0.1, -0.05) is 45.2 Å². The summed E-state index contributed by atoms with van der Waals surface area (Å²) < 4.78 is 19.6. The van der Waals surface area contributed by atoms with Gasteiger partial charge in [0.05, 0.1) is 53.3 Å². The zero-order valence-electron chi connectivity index (χ0n) is 28.3. The SMILES string of the molecule is CC(C)(C)c1cc(NC(=O)Nc2ccc(Oc3ccnc4cc(OCCCN5CCOCC5)c(C(N)=O)cc34)cc2Cl)n(C2CCCC2)n1. The molecule has 0 bridgehead atoms. The quantitative estimate of drug-likeness (QED) is 0.141. The molecule has 4 N–H and O–H groups in total. The second-order valence-electron chi connectivity index (χ2n) is 13.6. The molecule has 1 aliphatic heterocycles. The lowest BCUT2D eigenvalue weighted by molar-refractivity contribution is 0.0357. The summed E-state index contributed by atoms with van der Waals surface area (Å²) in [5.41, 5.74) is 7.75. The molecule has 2 aliphatic rings. The van der Waals surface area contributed by atoms with Crippen molar-refractivity contribution in [2.45, 2.75) is 64.3 Å². The van der Waals surface area contributed by atoms with E-state index in [0.29, 0.717) is 46.3 Å². The number of rotatable bonds is 11. The number of nitrogens with zero attached hydrogens (tertiary/aromatic N) is 4. The van der Waals surface area contributed by atoms with Gasteiger partial charge in [0.25, 0.3) is 5.91 Å². The molecule has 1 aliphatic carbocycles. The molecular formula is C36H44ClN7O5. The number of urea groups is 1. The second-order valence-corrected chi connectivity index (χ2v) is 14.0. The zero-order valence-corrected chi connectivity index (χ0v) is 29.0. The molecule has 2 fully saturated rings. The highest BCUT2D eigenvalue weighted by Crippen LogP contribution is 2.37. The predicted octanol–water partition coefficient (Wildman–Crippen LogP) is 7.13. The van der Waals surface area contributed by atoms with Gasteiger partial charge in [0.15, 0.2) is 0 Å². The average molecular weight is 690 g/mol. The van der Waals surface area contributed by atoms with Gasteiger partial charge in [-0.05, 0) is 43.5 Å². The van der Waals surface area contributed by atoms with Gasteiger partial charge in [-0.3, -0.25) is 20.0 Å². The predicted molar refractivity (Wildman–Crippen MR) is 190 cm³/mol. The number of fused-ring (bicyclic) bond motifs is 1. The van der Waals surface area contributed by atoms with E-state index >= 15 is 0 Å². The second kappa shape index (κ2) is 15.0. The van der Waals surface area contributed by atoms with Gasteiger partial charge in [0, 0.05) is 54.8 Å². The Morgan fingerprint density at radius 2 is 1.82 bits per heavy atom. The number of nitrogens with one attached hydrogen (secondary N) is 2. The molecule has 1 saturated carbocycles. The van der Waals surface area contributed by atoms with E-state index < -0.39 is 11.9 Å². The number of anilines is 2. The lowest BCUT2D eigenvalue weighted by Crippen LogP contribution is -2.37. The van der Waals surface area contributed by atoms with Crippen LogP contribution in [0.3, 0.4) is 0 Å². The van der Waals surface area contributed by atoms with E-state index in [4.69, 9.17) is 36.6 Å². The van der Waals surface area contributed by atoms with Crippen LogP contribution in [0.1, 0.15) is 75.0 Å². The monoisotopic (exact) mass is 689 g/mol. The van der Waals surface area contributed by atoms with Crippen LogP contribution in [0.15, 0.2) is 48.7 Å². The van der Waals surface area contributed by atoms with Crippen molar-refractivity contribution in [1.29, 1.82) is 0 Å². The Kier molecular flexibility index (Phi) is 10.6. The lowest BCUT2D eigenvalue weighted by atomic mass is 9.92. The number of primary amides is 1. The number of benzene rings is 2. The Morgan fingerprint density at radius 1 is 1.04 bits per heavy atom. The van der Waals surface area contributed by atoms with E-state index in [1.54, 1.807) is 42.6 Å². The highest BCUT2D eigenvalue weighted by molar-refractivity contribution is 6.34. The molecular weight excluding hydrogens is 646 g/mol. The van der Waals surface area contributed by atoms with Crippen molar-refractivity contribution >= 4 is 45.9 Å². The minimum absolute atomic E-state index is 0.156. The number of hydrogen-bond acceptors (Lipinski definition) is 8. The molecule has 2 aromatic heterocycles. The standard InChI is InChI=1S/C36H44ClN7O5/c1-36(2,3)32-22-33(44(42-32)23-7-4-5-8-23)41-35(46)40-28-10-9-24(19-27(28)37)49-30-11-12-39-29-21-31(26(34(38)45)20-25(29)30)48-16-6-13-43-14-17-47-18-15-43/h9-12,19-23H,4-8,13-18H2,1-3H3,(H2,38,45)(H2,40,41,46). The van der Waals surface area contributed by atoms with Gasteiger partial charge in [0.2, 0.25) is 0 Å². The molecule has 3 amide bonds. The summed E-state index contributed by atoms with van der Waals surface area (Å²) >= 11 is 6.62. The van der Waals surface area contributed by atoms with E-state index in [1.165, 1.54) is 0 Å². The topological polar surface area (TPSA) is 146 Å². The number of halogens is 1. The van der Waals surface area contributed by atoms with Crippen LogP contribution in [0.25, 0.3) is 10.9 Å². The molecule has 4 aromatic rings. The fourth-order valence-electron chi connectivity index (χ4n) is 6.18. The number of carbonyl (C=O) groups is 2. The van der Waals surface area contributed by atoms with Crippen molar-refractivity contribution in [3.63, 3.8) is 0 Å². The third kappa shape index (κ3) is 8.44. The Morgan fingerprint density at radius 3 is 2.53 bits per heavy atom. The molecule has 0 spiro atoms. The Labute approximate surface area is 291 Å². The maximum absolute atomic E-state index is 13.1. The van der Waals surface area contributed by atoms with Crippen molar-refractivity contribution in [2.24, 2.45) is 5.73 Å². The Bertz CT molecular complexity index is 1810. The third-order valence-electron chi connectivity index (χ3n) is 8.88. The summed E-state index contributed by atoms with van der Waals surface area (Å²) in [4.78, 5) is 32.4. The van der Waals surface area contributed by atoms with Gasteiger partial charge < -0.3 is 25.3 Å². The highest BCUT2D eigenvalue weighted by Gasteiger charge is 2.26. The fourth-order valence-corrected chi connectivity index (χ4v) is 6.40. The van der Waals surface area contributed by atoms with Crippen LogP contribution in [0.4, 0.5) is 16.3 Å². The molecule has 0 atom stereocenters. The first-order valence-corrected chi connectivity index (χ1v) is 17.2. The van der Waals surface area contributed by atoms with E-state index in [9.17, 15) is 9.59 Å². The van der Waals surface area contributed by atoms with Gasteiger partial charge >= 0.3 is 6.03 Å². The Balaban J connectivity index is 1.13. The van der Waals surface area contributed by atoms with Crippen LogP contribution >= 0.6 is 11.6 Å². The normalized spacial score (nSPS) is 15.8. The number of amides is 3. The zero-order chi connectivity index (χ0) is 34.5. The number of hydrogen-bond donors (Lipinski definition) is 3. The Hall–Kier alpha value is -4.39. The van der Waals surface area contributed by atoms with Gasteiger partial charge in [-0.15, -0.1) is 0 Å². The summed E-state index contributed by atoms with van der Waals surface area (Å²) in [6.07, 6.45) is 6.79. The van der Waals surface area contributed by atoms with Crippen molar-refractivity contribution in [2.75, 3.05) is 50.1 Å². The van der Waals surface area contributed by atoms with Crippen molar-refractivity contribution in [3.05, 3.63) is 64.9 Å². The van der Waals surface area contributed by atoms with Gasteiger partial charge in [-0.25, -0.2) is 9.48 Å². The van der Waals surface area contributed by atoms with E-state index in [-0.39, 0.29) is 22.0 Å². The first kappa shape index (κ1) is 34.5. The smallest absolute Gasteiger partial charge is 0.324 e. The molecule has 49 heavy (non-hydrogen) atoms. The minimum Gasteiger partial charge on any atom is -0.493 e. The lowest BCUT2D eigenvalue weighted by Gasteiger charge is -2.26. The molecule has 13 heteroatoms. The minimum atomic E-state index is -0.613. The number of aromatic nitrogens is 3. The van der Waals surface area contributed by atoms with Crippen molar-refractivity contribution in [3.8, 4) is 17.2 Å². The van der Waals surface area contributed by atoms with E-state index in [2.05, 4.69) is 41.3 Å². The summed E-state index contributed by atoms with van der Waals surface area (Å²) in [5, 5.41) is 11.6. The summed E-state index contributed by atoms with van der Waals surface area (Å²) in [6.45, 7) is 10.9. The molecule has 0 radical (unpaired) electrons. The number of pyridine rings is 1. The van der Waals surface area contributed by atoms with Crippen molar-refractivity contribution in [1.82, 2.24) is 19.7 Å². The third-order valence-corrected chi connectivity index (χ3v) is 9.19. The highest BCUT2D eigenvalue weighted by atomic mass is 35.5. The summed E-state index contributed by atoms with van der Waals surface area (Å²) in [6, 6.07) is 11.8. The first-order valence-electron chi connectivity index (χ1n) is 16.9. The van der Waals surface area contributed by atoms with Crippen LogP contribution in [-0.4, -0.2) is 71.1 Å². The molecule has 6 rings (SSSR count). The summed E-state index contributed by atoms with van der Waals surface area (Å²) in [5.74, 6) is 1.31. The number of morpholine rings is 1. The van der Waals surface area contributed by atoms with E-state index in [1.807, 2.05) is 10.7 Å². The number of ether oxygens (including phenoxy) is 3. The first-order chi connectivity index (χ1) is 23.5. The van der Waals surface area contributed by atoms with Crippen LogP contribution < -0.4 is 25.8 Å². The fraction of sp³-hybridized carbons (Fsp3) is 0.444. The van der Waals surface area contributed by atoms with Crippen LogP contribution in [0.5, 0.6) is 17.2 Å². The number of nitrogens with two attached hydrogens (primary N) is 1. The molecule has 1 saturated heterocycles. The summed E-state index contributed by atoms with van der Waals surface area (Å²) in [7, 11) is 0. The van der Waals surface area contributed by atoms with Crippen molar-refractivity contribution < 1.29 is 23.8 Å². The van der Waals surface area contributed by atoms with Gasteiger partial charge in [0.1, 0.15) is 23.1 Å². The molecule has 12 nitrogen and oxygen atoms in total. The maximum Gasteiger partial charge on any atom is 0.324 e. The van der Waals surface area contributed by atoms with Crippen LogP contribution in [0, 0.1) is 0 Å². The molecule has 3 heterocycles. The van der Waals surface area contributed by atoms with Crippen LogP contribution in [-0.2, 0) is 10.2 Å². The average Bonchev–Trinajstić information content (AvgIpc) is 3.75. The maximum atomic E-state index is 13.1. The van der Waals surface area contributed by atoms with E-state index in [0.717, 1.165) is 70.6 Å². The van der Waals surface area contributed by atoms with Gasteiger partial charge in [-0.2, -0.15) is 5.10 Å². The molecule has 2 aromatic carbocycles. The van der Waals surface area contributed by atoms with Crippen LogP contribution in [0.2, 0.25) is 5.02 Å². The number of carbonyl (C=O) groups excluding carboxylic acids is 2. The largest absolute Gasteiger partial charge is 0.493 e. The molecule has 260 valence electrons.